The molecule has 0 aromatic carbocycles. The van der Waals surface area contributed by atoms with E-state index in [1.54, 1.807) is 10.7 Å². The average molecular weight is 392 g/mol. The molecule has 1 atom stereocenters. The number of fused-ring (bicyclic) bond motifs is 1. The maximum atomic E-state index is 11.9. The van der Waals surface area contributed by atoms with Crippen LogP contribution in [0.1, 0.15) is 43.7 Å². The fourth-order valence-electron chi connectivity index (χ4n) is 3.44. The van der Waals surface area contributed by atoms with Crippen LogP contribution < -0.4 is 21.3 Å². The van der Waals surface area contributed by atoms with Crippen LogP contribution in [0.5, 0.6) is 0 Å². The molecule has 3 fully saturated rings. The van der Waals surface area contributed by atoms with Gasteiger partial charge in [-0.25, -0.2) is 9.78 Å². The smallest absolute Gasteiger partial charge is 0.326 e. The van der Waals surface area contributed by atoms with Crippen molar-refractivity contribution in [2.24, 2.45) is 5.92 Å². The fourth-order valence-corrected chi connectivity index (χ4v) is 3.44. The van der Waals surface area contributed by atoms with Gasteiger partial charge in [0, 0.05) is 17.6 Å². The molecule has 0 bridgehead atoms. The number of imide groups is 1. The van der Waals surface area contributed by atoms with Crippen LogP contribution in [-0.2, 0) is 4.79 Å². The summed E-state index contributed by atoms with van der Waals surface area (Å²) in [6.45, 7) is 2.09. The summed E-state index contributed by atoms with van der Waals surface area (Å²) in [5.41, 5.74) is 1.63. The van der Waals surface area contributed by atoms with Gasteiger partial charge in [0.2, 0.25) is 0 Å². The molecule has 5 rings (SSSR count). The zero-order valence-electron chi connectivity index (χ0n) is 15.8. The van der Waals surface area contributed by atoms with Crippen molar-refractivity contribution in [1.82, 2.24) is 25.2 Å². The zero-order chi connectivity index (χ0) is 20.1. The number of nitrogens with zero attached hydrogens (tertiary/aromatic N) is 4. The Morgan fingerprint density at radius 2 is 2.10 bits per heavy atom. The van der Waals surface area contributed by atoms with E-state index in [-0.39, 0.29) is 11.7 Å². The van der Waals surface area contributed by atoms with Gasteiger partial charge in [0.15, 0.2) is 17.3 Å². The van der Waals surface area contributed by atoms with Crippen LogP contribution >= 0.6 is 0 Å². The predicted octanol–water partition coefficient (Wildman–Crippen LogP) is 1.57. The third-order valence-electron chi connectivity index (χ3n) is 5.42. The van der Waals surface area contributed by atoms with Gasteiger partial charge in [0.1, 0.15) is 17.3 Å². The van der Waals surface area contributed by atoms with Crippen LogP contribution in [0.15, 0.2) is 11.9 Å². The summed E-state index contributed by atoms with van der Waals surface area (Å²) in [5.74, 6) is 1.18. The molecule has 10 heteroatoms. The van der Waals surface area contributed by atoms with Gasteiger partial charge in [-0.3, -0.25) is 10.1 Å². The first-order valence-corrected chi connectivity index (χ1v) is 9.72. The molecule has 3 amide bonds. The van der Waals surface area contributed by atoms with Gasteiger partial charge >= 0.3 is 6.03 Å². The molecule has 1 aliphatic heterocycles. The van der Waals surface area contributed by atoms with Gasteiger partial charge in [0.05, 0.1) is 6.20 Å². The van der Waals surface area contributed by atoms with E-state index in [2.05, 4.69) is 44.3 Å². The van der Waals surface area contributed by atoms with Crippen molar-refractivity contribution in [2.75, 3.05) is 10.6 Å². The number of aromatic nitrogens is 3. The highest BCUT2D eigenvalue weighted by Gasteiger charge is 2.31. The monoisotopic (exact) mass is 392 g/mol. The number of carbonyl (C=O) groups is 2. The topological polar surface area (TPSA) is 136 Å². The lowest BCUT2D eigenvalue weighted by Gasteiger charge is -2.18. The maximum absolute atomic E-state index is 11.9. The van der Waals surface area contributed by atoms with E-state index in [0.29, 0.717) is 40.4 Å². The standard InChI is InChI=1S/C19H20N8O2/c1-9(10-2-3-10)22-15-13(7-20)17(23-12-4-5-12)27-16(25-15)11(8-21-27)6-14-18(28)26-19(29)24-14/h6,8-10,12,23H,2-5H2,1H3,(H,22,25)(H2,24,26,28,29)/b14-6-/t9-/m0/s1. The summed E-state index contributed by atoms with van der Waals surface area (Å²) in [7, 11) is 0. The molecule has 0 radical (unpaired) electrons. The predicted molar refractivity (Wildman–Crippen MR) is 105 cm³/mol. The number of nitriles is 1. The Hall–Kier alpha value is -3.61. The second-order valence-corrected chi connectivity index (χ2v) is 7.79. The Morgan fingerprint density at radius 1 is 1.31 bits per heavy atom. The largest absolute Gasteiger partial charge is 0.366 e. The Balaban J connectivity index is 1.63. The summed E-state index contributed by atoms with van der Waals surface area (Å²) in [5, 5.41) is 25.6. The summed E-state index contributed by atoms with van der Waals surface area (Å²) in [6.07, 6.45) is 7.53. The molecule has 3 aliphatic rings. The maximum Gasteiger partial charge on any atom is 0.326 e. The molecule has 148 valence electrons. The van der Waals surface area contributed by atoms with Gasteiger partial charge in [0.25, 0.3) is 5.91 Å². The molecule has 3 heterocycles. The molecule has 0 unspecified atom stereocenters. The highest BCUT2D eigenvalue weighted by molar-refractivity contribution is 6.14. The number of hydrogen-bond donors (Lipinski definition) is 4. The number of hydrogen-bond acceptors (Lipinski definition) is 7. The zero-order valence-corrected chi connectivity index (χ0v) is 15.8. The molecule has 2 aromatic heterocycles. The van der Waals surface area contributed by atoms with E-state index in [0.717, 1.165) is 12.8 Å². The second-order valence-electron chi connectivity index (χ2n) is 7.79. The Morgan fingerprint density at radius 3 is 2.72 bits per heavy atom. The molecule has 0 spiro atoms. The molecule has 2 aliphatic carbocycles. The lowest BCUT2D eigenvalue weighted by molar-refractivity contribution is -0.115. The molecule has 2 aromatic rings. The fraction of sp³-hybridized carbons (Fsp3) is 0.421. The Kier molecular flexibility index (Phi) is 3.91. The molecule has 2 saturated carbocycles. The van der Waals surface area contributed by atoms with Crippen LogP contribution in [0.4, 0.5) is 16.4 Å². The van der Waals surface area contributed by atoms with E-state index >= 15 is 0 Å². The number of anilines is 2. The Bertz CT molecular complexity index is 1100. The number of rotatable bonds is 6. The number of amides is 3. The minimum Gasteiger partial charge on any atom is -0.366 e. The lowest BCUT2D eigenvalue weighted by atomic mass is 10.2. The van der Waals surface area contributed by atoms with E-state index in [4.69, 9.17) is 0 Å². The van der Waals surface area contributed by atoms with Crippen LogP contribution in [0, 0.1) is 17.2 Å². The normalized spacial score (nSPS) is 21.0. The van der Waals surface area contributed by atoms with Crippen molar-refractivity contribution in [2.45, 2.75) is 44.7 Å². The van der Waals surface area contributed by atoms with Gasteiger partial charge in [-0.2, -0.15) is 14.9 Å². The van der Waals surface area contributed by atoms with Crippen molar-refractivity contribution in [3.05, 3.63) is 23.0 Å². The van der Waals surface area contributed by atoms with Crippen LogP contribution in [-0.4, -0.2) is 38.6 Å². The van der Waals surface area contributed by atoms with Crippen molar-refractivity contribution < 1.29 is 9.59 Å². The Labute approximate surface area is 166 Å². The van der Waals surface area contributed by atoms with Crippen LogP contribution in [0.2, 0.25) is 0 Å². The lowest BCUT2D eigenvalue weighted by Crippen LogP contribution is -2.22. The molecule has 4 N–H and O–H groups in total. The van der Waals surface area contributed by atoms with Crippen LogP contribution in [0.25, 0.3) is 11.7 Å². The highest BCUT2D eigenvalue weighted by Crippen LogP contribution is 2.36. The average Bonchev–Trinajstić information content (AvgIpc) is 3.60. The first-order valence-electron chi connectivity index (χ1n) is 9.72. The number of carbonyl (C=O) groups excluding carboxylic acids is 2. The van der Waals surface area contributed by atoms with E-state index in [1.165, 1.54) is 18.9 Å². The van der Waals surface area contributed by atoms with Gasteiger partial charge in [-0.15, -0.1) is 0 Å². The molecule has 1 saturated heterocycles. The van der Waals surface area contributed by atoms with Gasteiger partial charge in [-0.1, -0.05) is 0 Å². The quantitative estimate of drug-likeness (QED) is 0.433. The molecular formula is C19H20N8O2. The molecular weight excluding hydrogens is 372 g/mol. The van der Waals surface area contributed by atoms with Gasteiger partial charge < -0.3 is 16.0 Å². The number of urea groups is 1. The first kappa shape index (κ1) is 17.5. The highest BCUT2D eigenvalue weighted by atomic mass is 16.2. The third-order valence-corrected chi connectivity index (χ3v) is 5.42. The molecule has 29 heavy (non-hydrogen) atoms. The summed E-state index contributed by atoms with van der Waals surface area (Å²) in [6, 6.07) is 2.22. The molecule has 10 nitrogen and oxygen atoms in total. The first-order chi connectivity index (χ1) is 14.0. The van der Waals surface area contributed by atoms with Crippen molar-refractivity contribution in [3.8, 4) is 6.07 Å². The van der Waals surface area contributed by atoms with E-state index in [9.17, 15) is 14.9 Å². The minimum atomic E-state index is -0.561. The van der Waals surface area contributed by atoms with Crippen molar-refractivity contribution in [3.63, 3.8) is 0 Å². The van der Waals surface area contributed by atoms with Crippen molar-refractivity contribution >= 4 is 35.3 Å². The van der Waals surface area contributed by atoms with E-state index < -0.39 is 11.9 Å². The van der Waals surface area contributed by atoms with Crippen molar-refractivity contribution in [1.29, 1.82) is 5.26 Å². The van der Waals surface area contributed by atoms with Crippen LogP contribution in [0.3, 0.4) is 0 Å². The summed E-state index contributed by atoms with van der Waals surface area (Å²) >= 11 is 0. The van der Waals surface area contributed by atoms with Gasteiger partial charge in [-0.05, 0) is 44.6 Å². The third kappa shape index (κ3) is 3.24. The summed E-state index contributed by atoms with van der Waals surface area (Å²) in [4.78, 5) is 27.9. The minimum absolute atomic E-state index is 0.133. The SMILES string of the molecule is C[C@H](Nc1nc2c(/C=C3\NC(=O)NC3=O)cnn2c(NC2CC2)c1C#N)C1CC1. The summed E-state index contributed by atoms with van der Waals surface area (Å²) < 4.78 is 1.59. The van der Waals surface area contributed by atoms with E-state index in [1.807, 2.05) is 0 Å². The number of nitrogens with one attached hydrogen (secondary N) is 4. The second kappa shape index (κ2) is 6.48.